The predicted octanol–water partition coefficient (Wildman–Crippen LogP) is 10.8. The highest BCUT2D eigenvalue weighted by Gasteiger charge is 2.19. The Morgan fingerprint density at radius 1 is 0.381 bits per heavy atom. The molecule has 2 nitrogen and oxygen atoms in total. The lowest BCUT2D eigenvalue weighted by atomic mass is 9.85. The maximum absolute atomic E-state index is 2.43. The van der Waals surface area contributed by atoms with E-state index in [0.29, 0.717) is 0 Å². The molecule has 0 saturated heterocycles. The highest BCUT2D eigenvalue weighted by Crippen LogP contribution is 2.37. The van der Waals surface area contributed by atoms with E-state index in [0.717, 1.165) is 0 Å². The molecule has 0 fully saturated rings. The summed E-state index contributed by atoms with van der Waals surface area (Å²) in [5, 5.41) is 5.12. The number of hydrogen-bond acceptors (Lipinski definition) is 0. The molecule has 0 aliphatic rings. The van der Waals surface area contributed by atoms with Crippen LogP contribution in [-0.2, 0) is 5.41 Å². The molecule has 6 aromatic carbocycles. The summed E-state index contributed by atoms with van der Waals surface area (Å²) in [6, 6.07) is 51.0. The second-order valence-electron chi connectivity index (χ2n) is 12.3. The van der Waals surface area contributed by atoms with Crippen LogP contribution in [0.2, 0.25) is 0 Å². The number of aromatic nitrogens is 2. The van der Waals surface area contributed by atoms with Gasteiger partial charge in [0.1, 0.15) is 0 Å². The van der Waals surface area contributed by atoms with Crippen molar-refractivity contribution in [2.45, 2.75) is 26.2 Å². The zero-order chi connectivity index (χ0) is 28.4. The Hall–Kier alpha value is -5.08. The zero-order valence-electron chi connectivity index (χ0n) is 24.2. The highest BCUT2D eigenvalue weighted by molar-refractivity contribution is 6.10. The van der Waals surface area contributed by atoms with Gasteiger partial charge in [0.2, 0.25) is 0 Å². The Labute approximate surface area is 246 Å². The molecule has 0 atom stereocenters. The van der Waals surface area contributed by atoms with Gasteiger partial charge in [-0.05, 0) is 70.6 Å². The summed E-state index contributed by atoms with van der Waals surface area (Å²) in [7, 11) is 0. The summed E-state index contributed by atoms with van der Waals surface area (Å²) >= 11 is 0. The number of para-hydroxylation sites is 4. The molecule has 202 valence electrons. The molecule has 0 radical (unpaired) electrons. The van der Waals surface area contributed by atoms with E-state index in [1.807, 2.05) is 0 Å². The number of benzene rings is 6. The predicted molar refractivity (Wildman–Crippen MR) is 179 cm³/mol. The van der Waals surface area contributed by atoms with Gasteiger partial charge in [-0.25, -0.2) is 0 Å². The Kier molecular flexibility index (Phi) is 5.42. The van der Waals surface area contributed by atoms with E-state index in [2.05, 4.69) is 169 Å². The second-order valence-corrected chi connectivity index (χ2v) is 12.3. The van der Waals surface area contributed by atoms with Crippen molar-refractivity contribution < 1.29 is 0 Å². The third kappa shape index (κ3) is 3.79. The van der Waals surface area contributed by atoms with Crippen LogP contribution in [0.25, 0.3) is 66.1 Å². The van der Waals surface area contributed by atoms with Crippen molar-refractivity contribution in [2.75, 3.05) is 0 Å². The fourth-order valence-electron chi connectivity index (χ4n) is 6.57. The molecular weight excluding hydrogens is 508 g/mol. The van der Waals surface area contributed by atoms with Gasteiger partial charge in [-0.3, -0.25) is 0 Å². The molecule has 0 bridgehead atoms. The first-order chi connectivity index (χ1) is 20.5. The van der Waals surface area contributed by atoms with Crippen LogP contribution in [0.3, 0.4) is 0 Å². The number of nitrogens with zero attached hydrogens (tertiary/aromatic N) is 2. The molecule has 42 heavy (non-hydrogen) atoms. The first-order valence-electron chi connectivity index (χ1n) is 14.7. The van der Waals surface area contributed by atoms with Crippen molar-refractivity contribution >= 4 is 43.6 Å². The lowest BCUT2D eigenvalue weighted by molar-refractivity contribution is 0.590. The van der Waals surface area contributed by atoms with Crippen LogP contribution in [0.15, 0.2) is 140 Å². The number of fused-ring (bicyclic) bond motifs is 6. The average molecular weight is 541 g/mol. The topological polar surface area (TPSA) is 9.86 Å². The van der Waals surface area contributed by atoms with Crippen LogP contribution in [0, 0.1) is 0 Å². The summed E-state index contributed by atoms with van der Waals surface area (Å²) in [5.41, 5.74) is 11.0. The summed E-state index contributed by atoms with van der Waals surface area (Å²) < 4.78 is 4.83. The minimum Gasteiger partial charge on any atom is -0.309 e. The van der Waals surface area contributed by atoms with Gasteiger partial charge in [0.05, 0.1) is 22.1 Å². The highest BCUT2D eigenvalue weighted by atomic mass is 15.0. The fourth-order valence-corrected chi connectivity index (χ4v) is 6.57. The molecule has 8 aromatic rings. The summed E-state index contributed by atoms with van der Waals surface area (Å²) in [4.78, 5) is 0. The largest absolute Gasteiger partial charge is 0.309 e. The summed E-state index contributed by atoms with van der Waals surface area (Å²) in [6.45, 7) is 6.91. The second kappa shape index (κ2) is 9.22. The smallest absolute Gasteiger partial charge is 0.0541 e. The van der Waals surface area contributed by atoms with Crippen molar-refractivity contribution in [3.8, 4) is 22.5 Å². The molecule has 0 aliphatic carbocycles. The van der Waals surface area contributed by atoms with Gasteiger partial charge in [-0.2, -0.15) is 0 Å². The SMILES string of the molecule is CC(C)(C)c1cc(-c2cccc(-n3c4ccccc4c4ccccc43)c2)cc(-n2c3ccccc3c3ccccc32)c1. The molecule has 2 aromatic heterocycles. The number of hydrogen-bond donors (Lipinski definition) is 0. The maximum atomic E-state index is 2.43. The summed E-state index contributed by atoms with van der Waals surface area (Å²) in [6.07, 6.45) is 0. The first-order valence-corrected chi connectivity index (χ1v) is 14.7. The third-order valence-corrected chi connectivity index (χ3v) is 8.64. The van der Waals surface area contributed by atoms with E-state index < -0.39 is 0 Å². The van der Waals surface area contributed by atoms with E-state index in [1.54, 1.807) is 0 Å². The minimum absolute atomic E-state index is 0.00599. The van der Waals surface area contributed by atoms with Gasteiger partial charge in [-0.15, -0.1) is 0 Å². The zero-order valence-corrected chi connectivity index (χ0v) is 24.2. The van der Waals surface area contributed by atoms with E-state index in [9.17, 15) is 0 Å². The molecule has 0 saturated carbocycles. The standard InChI is InChI=1S/C40H32N2/c1-40(2,3)29-23-28(25-31(26-29)42-38-21-10-6-17-34(38)35-18-7-11-22-39(35)42)27-13-12-14-30(24-27)41-36-19-8-4-15-32(36)33-16-5-9-20-37(33)41/h4-26H,1-3H3. The molecule has 0 unspecified atom stereocenters. The molecule has 8 rings (SSSR count). The number of rotatable bonds is 3. The van der Waals surface area contributed by atoms with Gasteiger partial charge in [0.25, 0.3) is 0 Å². The van der Waals surface area contributed by atoms with Crippen LogP contribution in [0.5, 0.6) is 0 Å². The van der Waals surface area contributed by atoms with Crippen LogP contribution in [0.1, 0.15) is 26.3 Å². The minimum atomic E-state index is -0.00599. The quantitative estimate of drug-likeness (QED) is 0.211. The third-order valence-electron chi connectivity index (χ3n) is 8.64. The fraction of sp³-hybridized carbons (Fsp3) is 0.100. The van der Waals surface area contributed by atoms with Gasteiger partial charge in [-0.1, -0.05) is 112 Å². The van der Waals surface area contributed by atoms with Crippen molar-refractivity contribution in [2.24, 2.45) is 0 Å². The maximum Gasteiger partial charge on any atom is 0.0541 e. The van der Waals surface area contributed by atoms with Crippen molar-refractivity contribution in [3.05, 3.63) is 145 Å². The lowest BCUT2D eigenvalue weighted by Crippen LogP contribution is -2.12. The van der Waals surface area contributed by atoms with Crippen LogP contribution in [0.4, 0.5) is 0 Å². The van der Waals surface area contributed by atoms with Crippen molar-refractivity contribution in [3.63, 3.8) is 0 Å². The van der Waals surface area contributed by atoms with E-state index >= 15 is 0 Å². The van der Waals surface area contributed by atoms with Gasteiger partial charge >= 0.3 is 0 Å². The van der Waals surface area contributed by atoms with E-state index in [1.165, 1.54) is 71.7 Å². The average Bonchev–Trinajstić information content (AvgIpc) is 3.54. The Morgan fingerprint density at radius 3 is 1.29 bits per heavy atom. The molecule has 0 N–H and O–H groups in total. The Bertz CT molecular complexity index is 2180. The molecule has 0 aliphatic heterocycles. The van der Waals surface area contributed by atoms with Gasteiger partial charge in [0, 0.05) is 32.9 Å². The molecule has 0 spiro atoms. The van der Waals surface area contributed by atoms with Gasteiger partial charge in [0.15, 0.2) is 0 Å². The molecule has 2 heteroatoms. The lowest BCUT2D eigenvalue weighted by Gasteiger charge is -2.22. The molecule has 0 amide bonds. The van der Waals surface area contributed by atoms with Crippen molar-refractivity contribution in [1.82, 2.24) is 9.13 Å². The summed E-state index contributed by atoms with van der Waals surface area (Å²) in [5.74, 6) is 0. The van der Waals surface area contributed by atoms with E-state index in [4.69, 9.17) is 0 Å². The van der Waals surface area contributed by atoms with Gasteiger partial charge < -0.3 is 9.13 Å². The van der Waals surface area contributed by atoms with Crippen molar-refractivity contribution in [1.29, 1.82) is 0 Å². The Morgan fingerprint density at radius 2 is 0.810 bits per heavy atom. The first kappa shape index (κ1) is 24.7. The van der Waals surface area contributed by atoms with E-state index in [-0.39, 0.29) is 5.41 Å². The van der Waals surface area contributed by atoms with Crippen LogP contribution < -0.4 is 0 Å². The monoisotopic (exact) mass is 540 g/mol. The Balaban J connectivity index is 1.38. The normalized spacial score (nSPS) is 12.2. The molecule has 2 heterocycles. The van der Waals surface area contributed by atoms with Crippen LogP contribution >= 0.6 is 0 Å². The molecular formula is C40H32N2. The van der Waals surface area contributed by atoms with Crippen LogP contribution in [-0.4, -0.2) is 9.13 Å².